The molecule has 3 fully saturated rings. The van der Waals surface area contributed by atoms with Gasteiger partial charge in [-0.1, -0.05) is 24.3 Å². The number of carbonyl (C=O) groups is 1. The topological polar surface area (TPSA) is 181 Å². The van der Waals surface area contributed by atoms with Gasteiger partial charge in [-0.05, 0) is 56.6 Å². The van der Waals surface area contributed by atoms with Gasteiger partial charge in [0.25, 0.3) is 11.1 Å². The molecule has 240 valence electrons. The van der Waals surface area contributed by atoms with Crippen LogP contribution in [-0.2, 0) is 22.6 Å². The molecule has 2 aromatic carbocycles. The Balaban J connectivity index is 0.000000178. The average molecular weight is 621 g/mol. The van der Waals surface area contributed by atoms with Gasteiger partial charge in [-0.25, -0.2) is 9.97 Å². The first-order valence-electron chi connectivity index (χ1n) is 15.3. The summed E-state index contributed by atoms with van der Waals surface area (Å²) < 4.78 is 8.39. The minimum atomic E-state index is -1.48. The Kier molecular flexibility index (Phi) is 9.17. The molecule has 0 spiro atoms. The molecule has 5 heterocycles. The number of aromatic nitrogens is 4. The van der Waals surface area contributed by atoms with Crippen molar-refractivity contribution in [1.29, 1.82) is 0 Å². The molecule has 2 aromatic heterocycles. The molecule has 3 aliphatic rings. The number of hydrogen-bond acceptors (Lipinski definition) is 11. The number of piperidine rings is 2. The van der Waals surface area contributed by atoms with Gasteiger partial charge in [0.15, 0.2) is 11.6 Å². The normalized spacial score (nSPS) is 27.9. The van der Waals surface area contributed by atoms with E-state index in [1.54, 1.807) is 36.4 Å². The van der Waals surface area contributed by atoms with Crippen molar-refractivity contribution in [2.45, 2.75) is 81.4 Å². The van der Waals surface area contributed by atoms with Crippen molar-refractivity contribution in [2.75, 3.05) is 13.1 Å². The molecule has 3 aliphatic heterocycles. The maximum absolute atomic E-state index is 12.5. The lowest BCUT2D eigenvalue weighted by atomic mass is 9.96. The zero-order valence-electron chi connectivity index (χ0n) is 24.8. The first kappa shape index (κ1) is 31.1. The van der Waals surface area contributed by atoms with Gasteiger partial charge < -0.3 is 30.7 Å². The van der Waals surface area contributed by atoms with Gasteiger partial charge in [0.2, 0.25) is 0 Å². The molecule has 13 heteroatoms. The number of rotatable bonds is 6. The van der Waals surface area contributed by atoms with E-state index in [0.29, 0.717) is 47.6 Å². The Bertz CT molecular complexity index is 1800. The smallest absolute Gasteiger partial charge is 0.261 e. The number of Topliss-reactive ketones (excluding diaryl/α,β-unsaturated/α-hetero) is 1. The third-order valence-electron chi connectivity index (χ3n) is 8.74. The van der Waals surface area contributed by atoms with Crippen LogP contribution in [-0.4, -0.2) is 89.5 Å². The average Bonchev–Trinajstić information content (AvgIpc) is 3.39. The molecule has 3 unspecified atom stereocenters. The van der Waals surface area contributed by atoms with E-state index >= 15 is 0 Å². The molecule has 45 heavy (non-hydrogen) atoms. The van der Waals surface area contributed by atoms with Crippen LogP contribution in [0.15, 0.2) is 70.8 Å². The maximum atomic E-state index is 12.5. The van der Waals surface area contributed by atoms with Gasteiger partial charge in [0.05, 0.1) is 59.8 Å². The largest absolute Gasteiger partial charge is 0.391 e. The summed E-state index contributed by atoms with van der Waals surface area (Å²) in [6.45, 7) is 1.48. The maximum Gasteiger partial charge on any atom is 0.261 e. The van der Waals surface area contributed by atoms with E-state index in [1.807, 2.05) is 12.1 Å². The van der Waals surface area contributed by atoms with Crippen LogP contribution in [0.4, 0.5) is 0 Å². The van der Waals surface area contributed by atoms with Crippen LogP contribution in [0, 0.1) is 0 Å². The number of carbonyl (C=O) groups excluding carboxylic acids is 1. The van der Waals surface area contributed by atoms with Gasteiger partial charge >= 0.3 is 0 Å². The van der Waals surface area contributed by atoms with Crippen LogP contribution in [0.25, 0.3) is 21.8 Å². The van der Waals surface area contributed by atoms with Crippen molar-refractivity contribution >= 4 is 27.6 Å². The molecular formula is C32H40N6O7. The molecule has 4 aromatic rings. The first-order valence-corrected chi connectivity index (χ1v) is 15.3. The van der Waals surface area contributed by atoms with Crippen LogP contribution < -0.4 is 21.8 Å². The standard InChI is InChI=1S/C16H19N3O4.C16H19N3O3.H2/c20-13-5-6-17-12-7-16(22,23-14(12)13)8-19-9-18-11-4-2-1-3-10(11)15(19)21;20-11(8-14-15(21)6-3-7-17-14)9-19-10-18-13-5-2-1-4-12(13)16(19)22;/h1-4,9,12-14,17,20,22H,5-8H2;1-2,4-5,10,14-15,17,21H,3,6-9H2;1H/t12-,13?,14+,16?;14-,15?;/m01./s1. The van der Waals surface area contributed by atoms with E-state index in [4.69, 9.17) is 4.74 Å². The lowest BCUT2D eigenvalue weighted by Crippen LogP contribution is -2.49. The number of benzene rings is 2. The second-order valence-electron chi connectivity index (χ2n) is 12.1. The van der Waals surface area contributed by atoms with Crippen molar-refractivity contribution in [1.82, 2.24) is 29.7 Å². The van der Waals surface area contributed by atoms with E-state index in [9.17, 15) is 29.7 Å². The monoisotopic (exact) mass is 620 g/mol. The summed E-state index contributed by atoms with van der Waals surface area (Å²) in [7, 11) is 0. The number of nitrogens with zero attached hydrogens (tertiary/aromatic N) is 4. The molecule has 6 atom stereocenters. The predicted molar refractivity (Wildman–Crippen MR) is 168 cm³/mol. The van der Waals surface area contributed by atoms with Crippen LogP contribution in [0.3, 0.4) is 0 Å². The number of aliphatic hydroxyl groups is 3. The van der Waals surface area contributed by atoms with Gasteiger partial charge in [-0.15, -0.1) is 0 Å². The predicted octanol–water partition coefficient (Wildman–Crippen LogP) is 0.311. The summed E-state index contributed by atoms with van der Waals surface area (Å²) in [4.78, 5) is 45.5. The minimum absolute atomic E-state index is 0. The third-order valence-corrected chi connectivity index (χ3v) is 8.74. The van der Waals surface area contributed by atoms with Crippen molar-refractivity contribution < 1.29 is 26.3 Å². The van der Waals surface area contributed by atoms with E-state index in [1.165, 1.54) is 21.8 Å². The van der Waals surface area contributed by atoms with Crippen molar-refractivity contribution in [3.05, 3.63) is 81.9 Å². The van der Waals surface area contributed by atoms with E-state index in [-0.39, 0.29) is 49.9 Å². The van der Waals surface area contributed by atoms with Crippen LogP contribution in [0.5, 0.6) is 0 Å². The molecule has 5 N–H and O–H groups in total. The summed E-state index contributed by atoms with van der Waals surface area (Å²) in [6.07, 6.45) is 4.07. The van der Waals surface area contributed by atoms with Crippen LogP contribution in [0.2, 0.25) is 0 Å². The van der Waals surface area contributed by atoms with Crippen LogP contribution in [0.1, 0.15) is 33.5 Å². The zero-order valence-corrected chi connectivity index (χ0v) is 24.8. The minimum Gasteiger partial charge on any atom is -0.391 e. The van der Waals surface area contributed by atoms with E-state index in [0.717, 1.165) is 13.0 Å². The summed E-state index contributed by atoms with van der Waals surface area (Å²) >= 11 is 0. The highest BCUT2D eigenvalue weighted by atomic mass is 16.6. The number of hydrogen-bond donors (Lipinski definition) is 5. The summed E-state index contributed by atoms with van der Waals surface area (Å²) in [5.74, 6) is -1.57. The zero-order chi connectivity index (χ0) is 31.6. The quantitative estimate of drug-likeness (QED) is 0.200. The van der Waals surface area contributed by atoms with Gasteiger partial charge in [-0.2, -0.15) is 0 Å². The number of ketones is 1. The molecule has 7 rings (SSSR count). The molecular weight excluding hydrogens is 580 g/mol. The van der Waals surface area contributed by atoms with Crippen molar-refractivity contribution in [3.63, 3.8) is 0 Å². The number of nitrogens with one attached hydrogen (secondary N) is 2. The fourth-order valence-corrected chi connectivity index (χ4v) is 6.41. The molecule has 0 saturated carbocycles. The highest BCUT2D eigenvalue weighted by Crippen LogP contribution is 2.34. The fourth-order valence-electron chi connectivity index (χ4n) is 6.41. The lowest BCUT2D eigenvalue weighted by Gasteiger charge is -2.30. The number of aliphatic hydroxyl groups excluding tert-OH is 2. The highest BCUT2D eigenvalue weighted by molar-refractivity contribution is 5.80. The second kappa shape index (κ2) is 13.3. The Hall–Kier alpha value is -3.85. The van der Waals surface area contributed by atoms with Crippen molar-refractivity contribution in [3.8, 4) is 0 Å². The van der Waals surface area contributed by atoms with Crippen LogP contribution >= 0.6 is 0 Å². The third kappa shape index (κ3) is 6.88. The van der Waals surface area contributed by atoms with Crippen molar-refractivity contribution in [2.24, 2.45) is 0 Å². The summed E-state index contributed by atoms with van der Waals surface area (Å²) in [6, 6.07) is 13.8. The SMILES string of the molecule is O=C(C[C@H]1NCCCC1O)Cn1cnc2ccccc2c1=O.O=c1c2ccccc2ncn1CC1(O)C[C@@H]2NCCC(O)[C@@H]2O1.[HH]. The van der Waals surface area contributed by atoms with Gasteiger partial charge in [0.1, 0.15) is 6.10 Å². The number of ether oxygens (including phenoxy) is 1. The fraction of sp³-hybridized carbons (Fsp3) is 0.469. The molecule has 0 radical (unpaired) electrons. The number of fused-ring (bicyclic) bond motifs is 3. The Labute approximate surface area is 260 Å². The molecule has 0 amide bonds. The molecule has 13 nitrogen and oxygen atoms in total. The number of para-hydroxylation sites is 2. The molecule has 0 bridgehead atoms. The van der Waals surface area contributed by atoms with Gasteiger partial charge in [-0.3, -0.25) is 23.5 Å². The molecule has 3 saturated heterocycles. The van der Waals surface area contributed by atoms with E-state index < -0.39 is 24.1 Å². The Morgan fingerprint density at radius 1 is 0.911 bits per heavy atom. The van der Waals surface area contributed by atoms with Gasteiger partial charge in [0, 0.05) is 26.4 Å². The Morgan fingerprint density at radius 3 is 2.22 bits per heavy atom. The molecule has 0 aliphatic carbocycles. The summed E-state index contributed by atoms with van der Waals surface area (Å²) in [5.41, 5.74) is 0.825. The first-order chi connectivity index (χ1) is 21.7. The van der Waals surface area contributed by atoms with E-state index in [2.05, 4.69) is 20.6 Å². The second-order valence-corrected chi connectivity index (χ2v) is 12.1. The summed E-state index contributed by atoms with van der Waals surface area (Å²) in [5, 5.41) is 38.0. The Morgan fingerprint density at radius 2 is 1.56 bits per heavy atom. The lowest BCUT2D eigenvalue weighted by molar-refractivity contribution is -0.216. The highest BCUT2D eigenvalue weighted by Gasteiger charge is 2.49.